The molecule has 0 amide bonds. The lowest BCUT2D eigenvalue weighted by molar-refractivity contribution is 0.197. The van der Waals surface area contributed by atoms with Gasteiger partial charge < -0.3 is 15.2 Å². The second kappa shape index (κ2) is 9.43. The lowest BCUT2D eigenvalue weighted by atomic mass is 10.1. The van der Waals surface area contributed by atoms with Crippen LogP contribution in [0.3, 0.4) is 0 Å². The van der Waals surface area contributed by atoms with E-state index in [4.69, 9.17) is 15.1 Å². The molecule has 0 bridgehead atoms. The van der Waals surface area contributed by atoms with Gasteiger partial charge in [0, 0.05) is 29.4 Å². The number of benzene rings is 1. The molecule has 184 valence electrons. The van der Waals surface area contributed by atoms with Crippen LogP contribution in [-0.2, 0) is 6.54 Å². The SMILES string of the molecule is COc1c(-c2ccc(C#N)cc2)nn(CC2CC2)c1Nc1cc(-n2nc(C)c([C@@H](C)O)c2C)ncn1. The molecule has 0 saturated heterocycles. The first kappa shape index (κ1) is 23.5. The summed E-state index contributed by atoms with van der Waals surface area (Å²) in [4.78, 5) is 8.83. The third-order valence-corrected chi connectivity index (χ3v) is 6.41. The van der Waals surface area contributed by atoms with Crippen molar-refractivity contribution in [2.24, 2.45) is 5.92 Å². The van der Waals surface area contributed by atoms with Crippen LogP contribution in [0.15, 0.2) is 36.7 Å². The minimum absolute atomic E-state index is 0.563. The maximum Gasteiger partial charge on any atom is 0.189 e. The Balaban J connectivity index is 1.54. The number of aliphatic hydroxyl groups is 1. The Morgan fingerprint density at radius 1 is 1.19 bits per heavy atom. The molecule has 5 rings (SSSR count). The minimum Gasteiger partial charge on any atom is -0.491 e. The highest BCUT2D eigenvalue weighted by atomic mass is 16.5. The van der Waals surface area contributed by atoms with Crippen LogP contribution in [0, 0.1) is 31.1 Å². The Labute approximate surface area is 209 Å². The monoisotopic (exact) mass is 484 g/mol. The standard InChI is InChI=1S/C26H28N8O2/c1-15-23(17(3)35)16(2)34(31-15)22-11-21(28-14-29-22)30-26-25(36-4)24(32-33(26)13-19-5-6-19)20-9-7-18(12-27)8-10-20/h7-11,14,17,19,35H,5-6,13H2,1-4H3,(H,28,29,30)/t17-/m1/s1. The average molecular weight is 485 g/mol. The topological polar surface area (TPSA) is 127 Å². The highest BCUT2D eigenvalue weighted by Gasteiger charge is 2.27. The van der Waals surface area contributed by atoms with Gasteiger partial charge in [-0.2, -0.15) is 15.5 Å². The fourth-order valence-electron chi connectivity index (χ4n) is 4.46. The number of aliphatic hydroxyl groups excluding tert-OH is 1. The van der Waals surface area contributed by atoms with Crippen LogP contribution in [0.4, 0.5) is 11.6 Å². The van der Waals surface area contributed by atoms with Gasteiger partial charge in [0.1, 0.15) is 17.8 Å². The zero-order valence-electron chi connectivity index (χ0n) is 20.7. The third-order valence-electron chi connectivity index (χ3n) is 6.41. The smallest absolute Gasteiger partial charge is 0.189 e. The Bertz CT molecular complexity index is 1440. The maximum absolute atomic E-state index is 10.1. The molecular weight excluding hydrogens is 456 g/mol. The van der Waals surface area contributed by atoms with E-state index < -0.39 is 6.10 Å². The minimum atomic E-state index is -0.625. The van der Waals surface area contributed by atoms with Crippen LogP contribution in [0.2, 0.25) is 0 Å². The molecule has 10 heteroatoms. The van der Waals surface area contributed by atoms with Crippen molar-refractivity contribution in [3.8, 4) is 28.9 Å². The van der Waals surface area contributed by atoms with E-state index in [-0.39, 0.29) is 0 Å². The van der Waals surface area contributed by atoms with Gasteiger partial charge in [-0.15, -0.1) is 0 Å². The third kappa shape index (κ3) is 4.41. The highest BCUT2D eigenvalue weighted by Crippen LogP contribution is 2.40. The van der Waals surface area contributed by atoms with E-state index in [0.717, 1.165) is 29.1 Å². The first-order valence-corrected chi connectivity index (χ1v) is 11.9. The van der Waals surface area contributed by atoms with Gasteiger partial charge in [-0.05, 0) is 51.7 Å². The number of methoxy groups -OCH3 is 1. The molecule has 1 atom stereocenters. The Morgan fingerprint density at radius 3 is 2.56 bits per heavy atom. The van der Waals surface area contributed by atoms with Gasteiger partial charge in [-0.1, -0.05) is 12.1 Å². The predicted octanol–water partition coefficient (Wildman–Crippen LogP) is 4.23. The van der Waals surface area contributed by atoms with Crippen molar-refractivity contribution in [1.29, 1.82) is 5.26 Å². The second-order valence-corrected chi connectivity index (χ2v) is 9.10. The van der Waals surface area contributed by atoms with Crippen LogP contribution in [0.5, 0.6) is 5.75 Å². The fraction of sp³-hybridized carbons (Fsp3) is 0.346. The molecule has 2 N–H and O–H groups in total. The van der Waals surface area contributed by atoms with Crippen molar-refractivity contribution >= 4 is 11.6 Å². The summed E-state index contributed by atoms with van der Waals surface area (Å²) in [6, 6.07) is 11.2. The van der Waals surface area contributed by atoms with Crippen molar-refractivity contribution < 1.29 is 9.84 Å². The summed E-state index contributed by atoms with van der Waals surface area (Å²) in [5.41, 5.74) is 4.52. The van der Waals surface area contributed by atoms with Crippen molar-refractivity contribution in [3.63, 3.8) is 0 Å². The Morgan fingerprint density at radius 2 is 1.94 bits per heavy atom. The zero-order chi connectivity index (χ0) is 25.4. The fourth-order valence-corrected chi connectivity index (χ4v) is 4.46. The summed E-state index contributed by atoms with van der Waals surface area (Å²) in [7, 11) is 1.62. The number of aryl methyl sites for hydroxylation is 1. The number of hydrogen-bond donors (Lipinski definition) is 2. The van der Waals surface area contributed by atoms with Gasteiger partial charge in [0.05, 0.1) is 30.5 Å². The van der Waals surface area contributed by atoms with Crippen LogP contribution >= 0.6 is 0 Å². The molecule has 1 aromatic carbocycles. The molecule has 0 spiro atoms. The van der Waals surface area contributed by atoms with Gasteiger partial charge in [-0.25, -0.2) is 19.3 Å². The van der Waals surface area contributed by atoms with E-state index in [2.05, 4.69) is 26.5 Å². The molecule has 3 heterocycles. The van der Waals surface area contributed by atoms with Crippen molar-refractivity contribution in [2.75, 3.05) is 12.4 Å². The molecule has 4 aromatic rings. The molecule has 10 nitrogen and oxygen atoms in total. The summed E-state index contributed by atoms with van der Waals surface area (Å²) in [5, 5.41) is 32.1. The quantitative estimate of drug-likeness (QED) is 0.380. The largest absolute Gasteiger partial charge is 0.491 e. The summed E-state index contributed by atoms with van der Waals surface area (Å²) in [6.45, 7) is 6.28. The molecule has 3 aromatic heterocycles. The van der Waals surface area contributed by atoms with E-state index in [0.29, 0.717) is 40.4 Å². The summed E-state index contributed by atoms with van der Waals surface area (Å²) >= 11 is 0. The summed E-state index contributed by atoms with van der Waals surface area (Å²) in [5.74, 6) is 3.03. The number of aromatic nitrogens is 6. The number of rotatable bonds is 8. The number of ether oxygens (including phenoxy) is 1. The number of nitriles is 1. The molecule has 1 aliphatic rings. The van der Waals surface area contributed by atoms with Crippen molar-refractivity contribution in [2.45, 2.75) is 46.3 Å². The summed E-state index contributed by atoms with van der Waals surface area (Å²) in [6.07, 6.45) is 3.20. The van der Waals surface area contributed by atoms with Crippen LogP contribution in [-0.4, -0.2) is 41.7 Å². The van der Waals surface area contributed by atoms with Crippen LogP contribution in [0.1, 0.15) is 48.4 Å². The average Bonchev–Trinajstić information content (AvgIpc) is 3.55. The summed E-state index contributed by atoms with van der Waals surface area (Å²) < 4.78 is 9.47. The lowest BCUT2D eigenvalue weighted by Gasteiger charge is -2.12. The lowest BCUT2D eigenvalue weighted by Crippen LogP contribution is -2.09. The number of nitrogens with one attached hydrogen (secondary N) is 1. The van der Waals surface area contributed by atoms with E-state index in [9.17, 15) is 5.11 Å². The number of nitrogens with zero attached hydrogens (tertiary/aromatic N) is 7. The maximum atomic E-state index is 10.1. The Kier molecular flexibility index (Phi) is 6.16. The molecule has 1 aliphatic carbocycles. The molecule has 1 saturated carbocycles. The second-order valence-electron chi connectivity index (χ2n) is 9.10. The molecule has 36 heavy (non-hydrogen) atoms. The zero-order valence-corrected chi connectivity index (χ0v) is 20.7. The number of hydrogen-bond acceptors (Lipinski definition) is 8. The molecule has 0 unspecified atom stereocenters. The van der Waals surface area contributed by atoms with Gasteiger partial charge >= 0.3 is 0 Å². The van der Waals surface area contributed by atoms with Crippen molar-refractivity contribution in [1.82, 2.24) is 29.5 Å². The van der Waals surface area contributed by atoms with E-state index >= 15 is 0 Å². The first-order chi connectivity index (χ1) is 17.4. The van der Waals surface area contributed by atoms with E-state index in [1.807, 2.05) is 30.7 Å². The molecule has 1 fully saturated rings. The normalized spacial score (nSPS) is 13.9. The van der Waals surface area contributed by atoms with Gasteiger partial charge in [-0.3, -0.25) is 0 Å². The molecule has 0 radical (unpaired) electrons. The van der Waals surface area contributed by atoms with E-state index in [1.165, 1.54) is 19.2 Å². The predicted molar refractivity (Wildman–Crippen MR) is 134 cm³/mol. The van der Waals surface area contributed by atoms with Gasteiger partial charge in [0.2, 0.25) is 0 Å². The van der Waals surface area contributed by atoms with E-state index in [1.54, 1.807) is 36.9 Å². The number of anilines is 2. The van der Waals surface area contributed by atoms with Crippen LogP contribution in [0.25, 0.3) is 17.1 Å². The highest BCUT2D eigenvalue weighted by molar-refractivity contribution is 5.76. The van der Waals surface area contributed by atoms with Gasteiger partial charge in [0.15, 0.2) is 17.4 Å². The molecular formula is C26H28N8O2. The first-order valence-electron chi connectivity index (χ1n) is 11.9. The van der Waals surface area contributed by atoms with Crippen molar-refractivity contribution in [3.05, 3.63) is 59.2 Å². The Hall–Kier alpha value is -4.23. The van der Waals surface area contributed by atoms with Crippen LogP contribution < -0.4 is 10.1 Å². The van der Waals surface area contributed by atoms with Gasteiger partial charge in [0.25, 0.3) is 0 Å². The molecule has 0 aliphatic heterocycles.